The van der Waals surface area contributed by atoms with Crippen molar-refractivity contribution in [3.63, 3.8) is 0 Å². The second kappa shape index (κ2) is 5.27. The second-order valence-corrected chi connectivity index (χ2v) is 5.17. The number of nitrogens with zero attached hydrogens (tertiary/aromatic N) is 1. The maximum absolute atomic E-state index is 11.9. The summed E-state index contributed by atoms with van der Waals surface area (Å²) in [6.07, 6.45) is -1.49. The molecular formula is C12H14BrNO3. The van der Waals surface area contributed by atoms with Gasteiger partial charge < -0.3 is 10.2 Å². The van der Waals surface area contributed by atoms with Gasteiger partial charge in [-0.05, 0) is 12.1 Å². The molecule has 0 aromatic heterocycles. The highest BCUT2D eigenvalue weighted by Gasteiger charge is 2.30. The molecule has 4 nitrogen and oxygen atoms in total. The Hall–Kier alpha value is -0.750. The molecule has 2 rings (SSSR count). The molecule has 0 saturated carbocycles. The highest BCUT2D eigenvalue weighted by atomic mass is 79.9. The third-order valence-electron chi connectivity index (χ3n) is 2.87. The summed E-state index contributed by atoms with van der Waals surface area (Å²) >= 11 is 3.31. The van der Waals surface area contributed by atoms with Crippen molar-refractivity contribution in [2.45, 2.75) is 12.2 Å². The van der Waals surface area contributed by atoms with Gasteiger partial charge in [-0.3, -0.25) is 9.69 Å². The molecule has 1 aliphatic rings. The molecule has 5 heteroatoms. The zero-order valence-corrected chi connectivity index (χ0v) is 10.8. The van der Waals surface area contributed by atoms with Crippen molar-refractivity contribution in [3.8, 4) is 0 Å². The van der Waals surface area contributed by atoms with E-state index in [1.165, 1.54) is 0 Å². The number of β-amino-alcohol motifs (C(OH)–C–C–N with tert-alkyl or cyclic N) is 2. The standard InChI is InChI=1S/C12H14BrNO3/c13-9-3-1-8(2-4-9)10(15)5-14-6-11(16)12(17)7-14/h1-4,11-12,16-17H,5-7H2. The molecule has 2 unspecified atom stereocenters. The largest absolute Gasteiger partial charge is 0.389 e. The molecule has 2 N–H and O–H groups in total. The van der Waals surface area contributed by atoms with Crippen molar-refractivity contribution in [2.24, 2.45) is 0 Å². The zero-order valence-electron chi connectivity index (χ0n) is 9.21. The van der Waals surface area contributed by atoms with Gasteiger partial charge in [-0.15, -0.1) is 0 Å². The van der Waals surface area contributed by atoms with Crippen molar-refractivity contribution in [3.05, 3.63) is 34.3 Å². The van der Waals surface area contributed by atoms with Gasteiger partial charge in [0.15, 0.2) is 5.78 Å². The minimum Gasteiger partial charge on any atom is -0.389 e. The second-order valence-electron chi connectivity index (χ2n) is 4.26. The van der Waals surface area contributed by atoms with E-state index in [1.54, 1.807) is 17.0 Å². The summed E-state index contributed by atoms with van der Waals surface area (Å²) in [5, 5.41) is 18.8. The quantitative estimate of drug-likeness (QED) is 0.806. The van der Waals surface area contributed by atoms with Crippen LogP contribution in [0.25, 0.3) is 0 Å². The van der Waals surface area contributed by atoms with Gasteiger partial charge in [0.25, 0.3) is 0 Å². The monoisotopic (exact) mass is 299 g/mol. The van der Waals surface area contributed by atoms with E-state index in [-0.39, 0.29) is 12.3 Å². The van der Waals surface area contributed by atoms with Crippen LogP contribution in [-0.4, -0.2) is 52.7 Å². The number of aliphatic hydroxyl groups is 2. The number of ketones is 1. The normalized spacial score (nSPS) is 25.1. The molecular weight excluding hydrogens is 286 g/mol. The number of benzene rings is 1. The molecule has 1 fully saturated rings. The lowest BCUT2D eigenvalue weighted by Gasteiger charge is -2.13. The van der Waals surface area contributed by atoms with Crippen molar-refractivity contribution >= 4 is 21.7 Å². The summed E-state index contributed by atoms with van der Waals surface area (Å²) in [7, 11) is 0. The number of hydrogen-bond donors (Lipinski definition) is 2. The Bertz CT molecular complexity index is 397. The maximum Gasteiger partial charge on any atom is 0.176 e. The summed E-state index contributed by atoms with van der Waals surface area (Å²) in [6.45, 7) is 0.933. The van der Waals surface area contributed by atoms with Gasteiger partial charge >= 0.3 is 0 Å². The highest BCUT2D eigenvalue weighted by molar-refractivity contribution is 9.10. The lowest BCUT2D eigenvalue weighted by atomic mass is 10.1. The number of carbonyl (C=O) groups excluding carboxylic acids is 1. The molecule has 0 amide bonds. The third kappa shape index (κ3) is 3.13. The molecule has 0 radical (unpaired) electrons. The molecule has 1 saturated heterocycles. The number of halogens is 1. The fourth-order valence-corrected chi connectivity index (χ4v) is 2.17. The zero-order chi connectivity index (χ0) is 12.4. The number of Topliss-reactive ketones (excluding diaryl/α,β-unsaturated/α-hetero) is 1. The van der Waals surface area contributed by atoms with Crippen LogP contribution in [0.3, 0.4) is 0 Å². The van der Waals surface area contributed by atoms with E-state index >= 15 is 0 Å². The van der Waals surface area contributed by atoms with Crippen LogP contribution in [0, 0.1) is 0 Å². The minimum absolute atomic E-state index is 0.00111. The number of aliphatic hydroxyl groups excluding tert-OH is 2. The van der Waals surface area contributed by atoms with Gasteiger partial charge in [0.2, 0.25) is 0 Å². The average molecular weight is 300 g/mol. The molecule has 1 aromatic carbocycles. The van der Waals surface area contributed by atoms with Gasteiger partial charge in [-0.2, -0.15) is 0 Å². The van der Waals surface area contributed by atoms with E-state index in [4.69, 9.17) is 0 Å². The van der Waals surface area contributed by atoms with Gasteiger partial charge in [0.05, 0.1) is 18.8 Å². The lowest BCUT2D eigenvalue weighted by molar-refractivity contribution is 0.0572. The van der Waals surface area contributed by atoms with Gasteiger partial charge in [-0.1, -0.05) is 28.1 Å². The first-order chi connectivity index (χ1) is 8.06. The Morgan fingerprint density at radius 1 is 1.24 bits per heavy atom. The summed E-state index contributed by atoms with van der Waals surface area (Å²) in [6, 6.07) is 7.16. The molecule has 92 valence electrons. The highest BCUT2D eigenvalue weighted by Crippen LogP contribution is 2.13. The molecule has 0 spiro atoms. The number of likely N-dealkylation sites (tertiary alicyclic amines) is 1. The fourth-order valence-electron chi connectivity index (χ4n) is 1.91. The van der Waals surface area contributed by atoms with Gasteiger partial charge in [0, 0.05) is 23.1 Å². The SMILES string of the molecule is O=C(CN1CC(O)C(O)C1)c1ccc(Br)cc1. The maximum atomic E-state index is 11.9. The van der Waals surface area contributed by atoms with E-state index in [2.05, 4.69) is 15.9 Å². The first-order valence-corrected chi connectivity index (χ1v) is 6.23. The molecule has 2 atom stereocenters. The molecule has 1 aromatic rings. The lowest BCUT2D eigenvalue weighted by Crippen LogP contribution is -2.28. The summed E-state index contributed by atoms with van der Waals surface area (Å²) in [5.41, 5.74) is 0.643. The Morgan fingerprint density at radius 2 is 1.76 bits per heavy atom. The minimum atomic E-state index is -0.743. The predicted octanol–water partition coefficient (Wildman–Crippen LogP) is 0.669. The van der Waals surface area contributed by atoms with Crippen LogP contribution in [0.5, 0.6) is 0 Å². The predicted molar refractivity (Wildman–Crippen MR) is 66.9 cm³/mol. The van der Waals surface area contributed by atoms with Crippen molar-refractivity contribution in [1.29, 1.82) is 0 Å². The average Bonchev–Trinajstić information content (AvgIpc) is 2.58. The van der Waals surface area contributed by atoms with E-state index in [0.717, 1.165) is 4.47 Å². The molecule has 0 bridgehead atoms. The van der Waals surface area contributed by atoms with E-state index < -0.39 is 12.2 Å². The van der Waals surface area contributed by atoms with Crippen LogP contribution in [-0.2, 0) is 0 Å². The van der Waals surface area contributed by atoms with Crippen LogP contribution >= 0.6 is 15.9 Å². The molecule has 0 aliphatic carbocycles. The van der Waals surface area contributed by atoms with Crippen molar-refractivity contribution in [2.75, 3.05) is 19.6 Å². The number of carbonyl (C=O) groups is 1. The van der Waals surface area contributed by atoms with Crippen LogP contribution < -0.4 is 0 Å². The summed E-state index contributed by atoms with van der Waals surface area (Å²) in [4.78, 5) is 13.7. The Labute approximate surface area is 108 Å². The van der Waals surface area contributed by atoms with Crippen LogP contribution in [0.4, 0.5) is 0 Å². The van der Waals surface area contributed by atoms with E-state index in [1.807, 2.05) is 12.1 Å². The Balaban J connectivity index is 1.96. The third-order valence-corrected chi connectivity index (χ3v) is 3.40. The van der Waals surface area contributed by atoms with E-state index in [9.17, 15) is 15.0 Å². The van der Waals surface area contributed by atoms with Crippen LogP contribution in [0.1, 0.15) is 10.4 Å². The molecule has 17 heavy (non-hydrogen) atoms. The first-order valence-electron chi connectivity index (χ1n) is 5.43. The molecule has 1 heterocycles. The topological polar surface area (TPSA) is 60.8 Å². The number of hydrogen-bond acceptors (Lipinski definition) is 4. The molecule has 1 aliphatic heterocycles. The summed E-state index contributed by atoms with van der Waals surface area (Å²) < 4.78 is 0.932. The van der Waals surface area contributed by atoms with Gasteiger partial charge in [0.1, 0.15) is 0 Å². The van der Waals surface area contributed by atoms with Gasteiger partial charge in [-0.25, -0.2) is 0 Å². The van der Waals surface area contributed by atoms with Crippen LogP contribution in [0.15, 0.2) is 28.7 Å². The Kier molecular flexibility index (Phi) is 3.93. The van der Waals surface area contributed by atoms with Crippen molar-refractivity contribution < 1.29 is 15.0 Å². The van der Waals surface area contributed by atoms with Crippen molar-refractivity contribution in [1.82, 2.24) is 4.90 Å². The van der Waals surface area contributed by atoms with E-state index in [0.29, 0.717) is 18.7 Å². The van der Waals surface area contributed by atoms with Crippen LogP contribution in [0.2, 0.25) is 0 Å². The fraction of sp³-hybridized carbons (Fsp3) is 0.417. The Morgan fingerprint density at radius 3 is 2.29 bits per heavy atom. The number of rotatable bonds is 3. The first kappa shape index (κ1) is 12.7. The smallest absolute Gasteiger partial charge is 0.176 e. The summed E-state index contributed by atoms with van der Waals surface area (Å²) in [5.74, 6) is -0.00111.